The minimum Gasteiger partial charge on any atom is -0.505 e. The lowest BCUT2D eigenvalue weighted by atomic mass is 10.2. The van der Waals surface area contributed by atoms with Crippen molar-refractivity contribution < 1.29 is 22.7 Å². The summed E-state index contributed by atoms with van der Waals surface area (Å²) in [6, 6.07) is 9.82. The van der Waals surface area contributed by atoms with Crippen molar-refractivity contribution >= 4 is 17.4 Å². The molecule has 0 aliphatic heterocycles. The van der Waals surface area contributed by atoms with Crippen LogP contribution in [0.15, 0.2) is 47.4 Å². The van der Waals surface area contributed by atoms with E-state index in [2.05, 4.69) is 5.32 Å². The molecule has 2 N–H and O–H groups in total. The quantitative estimate of drug-likeness (QED) is 0.630. The summed E-state index contributed by atoms with van der Waals surface area (Å²) >= 11 is -0.189. The maximum atomic E-state index is 13.1. The zero-order chi connectivity index (χ0) is 15.5. The molecule has 2 nitrogen and oxygen atoms in total. The van der Waals surface area contributed by atoms with Gasteiger partial charge in [-0.25, -0.2) is 4.39 Å². The monoisotopic (exact) mass is 317 g/mol. The van der Waals surface area contributed by atoms with Crippen LogP contribution in [-0.4, -0.2) is 10.6 Å². The van der Waals surface area contributed by atoms with E-state index in [4.69, 9.17) is 0 Å². The summed E-state index contributed by atoms with van der Waals surface area (Å²) < 4.78 is 49.7. The van der Waals surface area contributed by atoms with Crippen LogP contribution in [0, 0.1) is 5.82 Å². The molecule has 0 spiro atoms. The second-order valence-electron chi connectivity index (χ2n) is 4.17. The molecule has 0 heterocycles. The van der Waals surface area contributed by atoms with Crippen LogP contribution in [0.25, 0.3) is 0 Å². The number of thioether (sulfide) groups is 1. The van der Waals surface area contributed by atoms with Gasteiger partial charge in [0.2, 0.25) is 0 Å². The number of para-hydroxylation sites is 1. The number of rotatable bonds is 4. The SMILES string of the molecule is Oc1c(F)cccc1CNc1ccc(SC(F)(F)F)cc1. The number of alkyl halides is 3. The molecule has 0 aliphatic carbocycles. The first-order chi connectivity index (χ1) is 9.85. The molecule has 0 fully saturated rings. The molecule has 2 rings (SSSR count). The van der Waals surface area contributed by atoms with Crippen LogP contribution in [-0.2, 0) is 6.54 Å². The Morgan fingerprint density at radius 1 is 1.05 bits per heavy atom. The first-order valence-corrected chi connectivity index (χ1v) is 6.73. The Hall–Kier alpha value is -1.89. The van der Waals surface area contributed by atoms with E-state index in [0.717, 1.165) is 6.07 Å². The number of phenols is 1. The molecule has 0 aliphatic rings. The Kier molecular flexibility index (Phi) is 4.62. The maximum absolute atomic E-state index is 13.1. The number of aromatic hydroxyl groups is 1. The lowest BCUT2D eigenvalue weighted by Crippen LogP contribution is -2.01. The van der Waals surface area contributed by atoms with Crippen LogP contribution in [0.2, 0.25) is 0 Å². The van der Waals surface area contributed by atoms with Gasteiger partial charge in [-0.1, -0.05) is 12.1 Å². The number of phenolic OH excluding ortho intramolecular Hbond substituents is 1. The Labute approximate surface area is 122 Å². The van der Waals surface area contributed by atoms with E-state index in [1.165, 1.54) is 30.3 Å². The Balaban J connectivity index is 1.99. The normalized spacial score (nSPS) is 11.4. The molecule has 112 valence electrons. The van der Waals surface area contributed by atoms with Gasteiger partial charge in [-0.15, -0.1) is 0 Å². The van der Waals surface area contributed by atoms with Crippen molar-refractivity contribution in [3.05, 3.63) is 53.8 Å². The molecule has 0 saturated heterocycles. The smallest absolute Gasteiger partial charge is 0.446 e. The largest absolute Gasteiger partial charge is 0.505 e. The highest BCUT2D eigenvalue weighted by Gasteiger charge is 2.28. The first-order valence-electron chi connectivity index (χ1n) is 5.91. The zero-order valence-corrected chi connectivity index (χ0v) is 11.4. The minimum atomic E-state index is -4.32. The molecule has 0 bridgehead atoms. The number of benzene rings is 2. The van der Waals surface area contributed by atoms with Crippen molar-refractivity contribution in [1.29, 1.82) is 0 Å². The van der Waals surface area contributed by atoms with Crippen LogP contribution >= 0.6 is 11.8 Å². The van der Waals surface area contributed by atoms with Gasteiger partial charge in [0.15, 0.2) is 11.6 Å². The van der Waals surface area contributed by atoms with Crippen LogP contribution in [0.5, 0.6) is 5.75 Å². The Bertz CT molecular complexity index is 613. The van der Waals surface area contributed by atoms with E-state index < -0.39 is 17.1 Å². The number of hydrogen-bond donors (Lipinski definition) is 2. The van der Waals surface area contributed by atoms with Crippen molar-refractivity contribution in [2.45, 2.75) is 16.9 Å². The Morgan fingerprint density at radius 3 is 2.33 bits per heavy atom. The molecule has 7 heteroatoms. The highest BCUT2D eigenvalue weighted by Crippen LogP contribution is 2.37. The van der Waals surface area contributed by atoms with E-state index in [1.54, 1.807) is 6.07 Å². The van der Waals surface area contributed by atoms with Gasteiger partial charge in [0.1, 0.15) is 0 Å². The summed E-state index contributed by atoms with van der Waals surface area (Å²) in [6.45, 7) is 0.162. The van der Waals surface area contributed by atoms with E-state index in [1.807, 2.05) is 0 Å². The molecular weight excluding hydrogens is 306 g/mol. The highest BCUT2D eigenvalue weighted by atomic mass is 32.2. The third-order valence-electron chi connectivity index (χ3n) is 2.64. The van der Waals surface area contributed by atoms with Crippen molar-refractivity contribution in [2.24, 2.45) is 0 Å². The van der Waals surface area contributed by atoms with Gasteiger partial charge < -0.3 is 10.4 Å². The number of hydrogen-bond acceptors (Lipinski definition) is 3. The van der Waals surface area contributed by atoms with Crippen LogP contribution < -0.4 is 5.32 Å². The number of nitrogens with one attached hydrogen (secondary N) is 1. The number of halogens is 4. The fourth-order valence-electron chi connectivity index (χ4n) is 1.67. The first kappa shape index (κ1) is 15.5. The molecule has 2 aromatic rings. The molecule has 0 amide bonds. The fourth-order valence-corrected chi connectivity index (χ4v) is 2.21. The van der Waals surface area contributed by atoms with Gasteiger partial charge in [-0.3, -0.25) is 0 Å². The second-order valence-corrected chi connectivity index (χ2v) is 5.31. The molecule has 0 aromatic heterocycles. The third-order valence-corrected chi connectivity index (χ3v) is 3.38. The average molecular weight is 317 g/mol. The summed E-state index contributed by atoms with van der Waals surface area (Å²) in [5.41, 5.74) is -3.38. The maximum Gasteiger partial charge on any atom is 0.446 e. The van der Waals surface area contributed by atoms with Crippen LogP contribution in [0.1, 0.15) is 5.56 Å². The fraction of sp³-hybridized carbons (Fsp3) is 0.143. The minimum absolute atomic E-state index is 0.0849. The topological polar surface area (TPSA) is 32.3 Å². The second kappa shape index (κ2) is 6.26. The predicted molar refractivity (Wildman–Crippen MR) is 73.7 cm³/mol. The van der Waals surface area contributed by atoms with Crippen molar-refractivity contribution in [1.82, 2.24) is 0 Å². The van der Waals surface area contributed by atoms with Crippen LogP contribution in [0.3, 0.4) is 0 Å². The molecule has 0 saturated carbocycles. The summed E-state index contributed by atoms with van der Waals surface area (Å²) in [7, 11) is 0. The van der Waals surface area contributed by atoms with Gasteiger partial charge in [-0.2, -0.15) is 13.2 Å². The lowest BCUT2D eigenvalue weighted by Gasteiger charge is -2.10. The van der Waals surface area contributed by atoms with Crippen molar-refractivity contribution in [3.63, 3.8) is 0 Å². The van der Waals surface area contributed by atoms with Gasteiger partial charge in [0.25, 0.3) is 0 Å². The average Bonchev–Trinajstić information content (AvgIpc) is 2.40. The van der Waals surface area contributed by atoms with Crippen molar-refractivity contribution in [2.75, 3.05) is 5.32 Å². The van der Waals surface area contributed by atoms with Crippen LogP contribution in [0.4, 0.5) is 23.2 Å². The molecular formula is C14H11F4NOS. The molecule has 0 radical (unpaired) electrons. The van der Waals surface area contributed by atoms with E-state index in [0.29, 0.717) is 11.3 Å². The summed E-state index contributed by atoms with van der Waals surface area (Å²) in [5.74, 6) is -1.15. The van der Waals surface area contributed by atoms with Gasteiger partial charge >= 0.3 is 5.51 Å². The summed E-state index contributed by atoms with van der Waals surface area (Å²) in [4.78, 5) is 0.0849. The molecule has 0 atom stereocenters. The molecule has 0 unspecified atom stereocenters. The summed E-state index contributed by atoms with van der Waals surface area (Å²) in [6.07, 6.45) is 0. The Morgan fingerprint density at radius 2 is 1.71 bits per heavy atom. The summed E-state index contributed by atoms with van der Waals surface area (Å²) in [5, 5.41) is 12.4. The molecule has 2 aromatic carbocycles. The third kappa shape index (κ3) is 4.56. The van der Waals surface area contributed by atoms with E-state index in [-0.39, 0.29) is 23.2 Å². The van der Waals surface area contributed by atoms with Gasteiger partial charge in [0, 0.05) is 22.7 Å². The van der Waals surface area contributed by atoms with Crippen molar-refractivity contribution in [3.8, 4) is 5.75 Å². The highest BCUT2D eigenvalue weighted by molar-refractivity contribution is 8.00. The number of anilines is 1. The standard InChI is InChI=1S/C14H11F4NOS/c15-12-3-1-2-9(13(12)20)8-19-10-4-6-11(7-5-10)21-14(16,17)18/h1-7,19-20H,8H2. The zero-order valence-electron chi connectivity index (χ0n) is 10.6. The van der Waals surface area contributed by atoms with Gasteiger partial charge in [-0.05, 0) is 42.1 Å². The van der Waals surface area contributed by atoms with E-state index in [9.17, 15) is 22.7 Å². The lowest BCUT2D eigenvalue weighted by molar-refractivity contribution is -0.0328. The molecule has 21 heavy (non-hydrogen) atoms. The van der Waals surface area contributed by atoms with E-state index >= 15 is 0 Å². The van der Waals surface area contributed by atoms with Gasteiger partial charge in [0.05, 0.1) is 0 Å². The predicted octanol–water partition coefficient (Wildman–Crippen LogP) is 4.76.